The van der Waals surface area contributed by atoms with Crippen molar-refractivity contribution >= 4 is 17.5 Å². The second-order valence-corrected chi connectivity index (χ2v) is 4.60. The molecule has 0 saturated carbocycles. The normalized spacial score (nSPS) is 11.9. The number of methoxy groups -OCH3 is 1. The number of benzene rings is 1. The van der Waals surface area contributed by atoms with Gasteiger partial charge in [0.05, 0.1) is 0 Å². The number of carbonyl (C=O) groups is 1. The molecule has 4 nitrogen and oxygen atoms in total. The van der Waals surface area contributed by atoms with Crippen LogP contribution in [0.25, 0.3) is 0 Å². The van der Waals surface area contributed by atoms with E-state index in [4.69, 9.17) is 16.3 Å². The third kappa shape index (κ3) is 3.56. The second kappa shape index (κ2) is 7.03. The Morgan fingerprint density at radius 3 is 2.65 bits per heavy atom. The maximum Gasteiger partial charge on any atom is 0.251 e. The van der Waals surface area contributed by atoms with Crippen LogP contribution in [-0.4, -0.2) is 24.5 Å². The highest BCUT2D eigenvalue weighted by molar-refractivity contribution is 6.31. The summed E-state index contributed by atoms with van der Waals surface area (Å²) in [4.78, 5) is 15.8. The molecule has 1 unspecified atom stereocenters. The molecule has 1 atom stereocenters. The minimum Gasteiger partial charge on any atom is -0.375 e. The Morgan fingerprint density at radius 2 is 2.00 bits per heavy atom. The van der Waals surface area contributed by atoms with E-state index < -0.39 is 0 Å². The van der Waals surface area contributed by atoms with Gasteiger partial charge < -0.3 is 10.1 Å². The molecule has 2 aromatic rings. The van der Waals surface area contributed by atoms with Crippen molar-refractivity contribution in [3.8, 4) is 0 Å². The van der Waals surface area contributed by atoms with Crippen LogP contribution in [0, 0.1) is 0 Å². The zero-order valence-corrected chi connectivity index (χ0v) is 11.8. The molecule has 2 rings (SSSR count). The minimum absolute atomic E-state index is 0.165. The van der Waals surface area contributed by atoms with E-state index in [1.54, 1.807) is 37.7 Å². The predicted molar refractivity (Wildman–Crippen MR) is 77.8 cm³/mol. The van der Waals surface area contributed by atoms with Gasteiger partial charge in [-0.25, -0.2) is 0 Å². The lowest BCUT2D eigenvalue weighted by atomic mass is 10.1. The Morgan fingerprint density at radius 1 is 1.30 bits per heavy atom. The van der Waals surface area contributed by atoms with Crippen molar-refractivity contribution in [2.75, 3.05) is 13.7 Å². The Hall–Kier alpha value is -1.91. The lowest BCUT2D eigenvalue weighted by Gasteiger charge is -2.17. The topological polar surface area (TPSA) is 51.2 Å². The molecule has 20 heavy (non-hydrogen) atoms. The van der Waals surface area contributed by atoms with Crippen LogP contribution in [0.5, 0.6) is 0 Å². The van der Waals surface area contributed by atoms with Gasteiger partial charge in [0.1, 0.15) is 6.10 Å². The van der Waals surface area contributed by atoms with Gasteiger partial charge in [-0.3, -0.25) is 9.78 Å². The van der Waals surface area contributed by atoms with E-state index in [2.05, 4.69) is 10.3 Å². The second-order valence-electron chi connectivity index (χ2n) is 4.19. The molecule has 1 aromatic carbocycles. The number of carbonyl (C=O) groups excluding carboxylic acids is 1. The summed E-state index contributed by atoms with van der Waals surface area (Å²) in [7, 11) is 1.59. The molecule has 0 radical (unpaired) electrons. The molecule has 0 aliphatic rings. The fourth-order valence-electron chi connectivity index (χ4n) is 1.85. The fraction of sp³-hybridized carbons (Fsp3) is 0.200. The molecule has 1 heterocycles. The summed E-state index contributed by atoms with van der Waals surface area (Å²) in [5, 5.41) is 3.45. The molecule has 1 aromatic heterocycles. The molecule has 0 aliphatic heterocycles. The van der Waals surface area contributed by atoms with Crippen molar-refractivity contribution in [2.45, 2.75) is 6.10 Å². The molecule has 5 heteroatoms. The van der Waals surface area contributed by atoms with Crippen LogP contribution in [0.15, 0.2) is 48.8 Å². The number of aromatic nitrogens is 1. The first-order valence-corrected chi connectivity index (χ1v) is 6.55. The van der Waals surface area contributed by atoms with Gasteiger partial charge in [-0.15, -0.1) is 0 Å². The zero-order chi connectivity index (χ0) is 14.4. The highest BCUT2D eigenvalue weighted by atomic mass is 35.5. The van der Waals surface area contributed by atoms with Crippen molar-refractivity contribution in [1.82, 2.24) is 10.3 Å². The van der Waals surface area contributed by atoms with E-state index in [1.165, 1.54) is 0 Å². The van der Waals surface area contributed by atoms with Gasteiger partial charge in [0.15, 0.2) is 0 Å². The summed E-state index contributed by atoms with van der Waals surface area (Å²) in [5.41, 5.74) is 1.42. The molecule has 0 aliphatic carbocycles. The molecule has 0 fully saturated rings. The molecule has 0 spiro atoms. The Labute approximate surface area is 122 Å². The van der Waals surface area contributed by atoms with Crippen molar-refractivity contribution < 1.29 is 9.53 Å². The minimum atomic E-state index is -0.283. The maximum atomic E-state index is 12.0. The zero-order valence-electron chi connectivity index (χ0n) is 11.0. The van der Waals surface area contributed by atoms with Crippen LogP contribution in [0.2, 0.25) is 5.02 Å². The molecular weight excluding hydrogens is 276 g/mol. The van der Waals surface area contributed by atoms with Crippen LogP contribution in [0.1, 0.15) is 22.0 Å². The average molecular weight is 291 g/mol. The number of hydrogen-bond acceptors (Lipinski definition) is 3. The largest absolute Gasteiger partial charge is 0.375 e. The van der Waals surface area contributed by atoms with E-state index in [1.807, 2.05) is 18.2 Å². The highest BCUT2D eigenvalue weighted by Crippen LogP contribution is 2.24. The first-order valence-electron chi connectivity index (χ1n) is 6.18. The van der Waals surface area contributed by atoms with E-state index >= 15 is 0 Å². The number of amides is 1. The number of hydrogen-bond donors (Lipinski definition) is 1. The standard InChI is InChI=1S/C15H15ClN2O2/c1-20-14(12-4-2-3-5-13(12)16)10-18-15(19)11-6-8-17-9-7-11/h2-9,14H,10H2,1H3,(H,18,19). The fourth-order valence-corrected chi connectivity index (χ4v) is 2.10. The molecular formula is C15H15ClN2O2. The molecule has 1 N–H and O–H groups in total. The summed E-state index contributed by atoms with van der Waals surface area (Å²) in [6.07, 6.45) is 2.88. The van der Waals surface area contributed by atoms with Crippen LogP contribution in [0.3, 0.4) is 0 Å². The van der Waals surface area contributed by atoms with Crippen LogP contribution in [-0.2, 0) is 4.74 Å². The van der Waals surface area contributed by atoms with Crippen molar-refractivity contribution in [3.05, 3.63) is 64.9 Å². The van der Waals surface area contributed by atoms with Crippen LogP contribution in [0.4, 0.5) is 0 Å². The van der Waals surface area contributed by atoms with E-state index in [0.717, 1.165) is 5.56 Å². The van der Waals surface area contributed by atoms with Crippen LogP contribution < -0.4 is 5.32 Å². The third-order valence-electron chi connectivity index (χ3n) is 2.93. The van der Waals surface area contributed by atoms with Gasteiger partial charge >= 0.3 is 0 Å². The van der Waals surface area contributed by atoms with Gasteiger partial charge in [-0.05, 0) is 18.2 Å². The van der Waals surface area contributed by atoms with Gasteiger partial charge in [0.25, 0.3) is 5.91 Å². The Balaban J connectivity index is 2.02. The van der Waals surface area contributed by atoms with Gasteiger partial charge in [0.2, 0.25) is 0 Å². The lowest BCUT2D eigenvalue weighted by Crippen LogP contribution is -2.29. The van der Waals surface area contributed by atoms with Gasteiger partial charge in [0, 0.05) is 42.2 Å². The smallest absolute Gasteiger partial charge is 0.251 e. The van der Waals surface area contributed by atoms with Crippen LogP contribution >= 0.6 is 11.6 Å². The first-order chi connectivity index (χ1) is 9.72. The maximum absolute atomic E-state index is 12.0. The SMILES string of the molecule is COC(CNC(=O)c1ccncc1)c1ccccc1Cl. The number of nitrogens with zero attached hydrogens (tertiary/aromatic N) is 1. The average Bonchev–Trinajstić information content (AvgIpc) is 2.50. The summed E-state index contributed by atoms with van der Waals surface area (Å²) in [6.45, 7) is 0.349. The van der Waals surface area contributed by atoms with E-state index in [9.17, 15) is 4.79 Å². The van der Waals surface area contributed by atoms with Crippen molar-refractivity contribution in [2.24, 2.45) is 0 Å². The number of rotatable bonds is 5. The predicted octanol–water partition coefficient (Wildman–Crippen LogP) is 2.85. The molecule has 0 saturated heterocycles. The molecule has 1 amide bonds. The quantitative estimate of drug-likeness (QED) is 0.921. The summed E-state index contributed by atoms with van der Waals surface area (Å²) in [5.74, 6) is -0.165. The monoisotopic (exact) mass is 290 g/mol. The number of nitrogens with one attached hydrogen (secondary N) is 1. The van der Waals surface area contributed by atoms with Crippen molar-refractivity contribution in [1.29, 1.82) is 0 Å². The Bertz CT molecular complexity index is 575. The Kier molecular flexibility index (Phi) is 5.09. The van der Waals surface area contributed by atoms with Crippen molar-refractivity contribution in [3.63, 3.8) is 0 Å². The highest BCUT2D eigenvalue weighted by Gasteiger charge is 2.15. The first kappa shape index (κ1) is 14.5. The third-order valence-corrected chi connectivity index (χ3v) is 3.27. The van der Waals surface area contributed by atoms with E-state index in [-0.39, 0.29) is 12.0 Å². The summed E-state index contributed by atoms with van der Waals surface area (Å²) < 4.78 is 5.39. The van der Waals surface area contributed by atoms with E-state index in [0.29, 0.717) is 17.1 Å². The number of halogens is 1. The van der Waals surface area contributed by atoms with Gasteiger partial charge in [-0.2, -0.15) is 0 Å². The molecule has 104 valence electrons. The lowest BCUT2D eigenvalue weighted by molar-refractivity contribution is 0.0828. The summed E-state index contributed by atoms with van der Waals surface area (Å²) >= 11 is 6.13. The number of pyridine rings is 1. The summed E-state index contributed by atoms with van der Waals surface area (Å²) in [6, 6.07) is 10.7. The molecule has 0 bridgehead atoms. The van der Waals surface area contributed by atoms with Gasteiger partial charge in [-0.1, -0.05) is 29.8 Å². The number of ether oxygens (including phenoxy) is 1.